The van der Waals surface area contributed by atoms with Crippen LogP contribution in [0.1, 0.15) is 44.4 Å². The van der Waals surface area contributed by atoms with Crippen LogP contribution in [0.5, 0.6) is 5.75 Å². The number of aliphatic hydroxyl groups is 2. The van der Waals surface area contributed by atoms with Crippen molar-refractivity contribution in [1.29, 1.82) is 0 Å². The first-order chi connectivity index (χ1) is 7.03. The van der Waals surface area contributed by atoms with Gasteiger partial charge >= 0.3 is 0 Å². The second-order valence-corrected chi connectivity index (χ2v) is 5.33. The predicted octanol–water partition coefficient (Wildman–Crippen LogP) is 2.16. The highest BCUT2D eigenvalue weighted by molar-refractivity contribution is 5.48. The third-order valence-corrected chi connectivity index (χ3v) is 2.57. The summed E-state index contributed by atoms with van der Waals surface area (Å²) in [7, 11) is 0. The summed E-state index contributed by atoms with van der Waals surface area (Å²) in [6.45, 7) is 8.29. The molecule has 1 rings (SSSR count). The Hall–Kier alpha value is -1.06. The van der Waals surface area contributed by atoms with E-state index in [1.54, 1.807) is 39.8 Å². The van der Waals surface area contributed by atoms with Gasteiger partial charge in [0.05, 0.1) is 11.2 Å². The zero-order chi connectivity index (χ0) is 12.7. The molecule has 0 amide bonds. The van der Waals surface area contributed by atoms with Gasteiger partial charge in [-0.2, -0.15) is 0 Å². The van der Waals surface area contributed by atoms with E-state index in [1.165, 1.54) is 0 Å². The molecule has 0 spiro atoms. The Morgan fingerprint density at radius 1 is 0.875 bits per heavy atom. The Morgan fingerprint density at radius 2 is 1.19 bits per heavy atom. The van der Waals surface area contributed by atoms with Crippen LogP contribution in [0.25, 0.3) is 0 Å². The summed E-state index contributed by atoms with van der Waals surface area (Å²) < 4.78 is 0. The summed E-state index contributed by atoms with van der Waals surface area (Å²) in [5.74, 6) is -0.0365. The second-order valence-electron chi connectivity index (χ2n) is 5.33. The monoisotopic (exact) mass is 224 g/mol. The van der Waals surface area contributed by atoms with Crippen molar-refractivity contribution in [3.8, 4) is 5.75 Å². The SMILES string of the molecule is Cc1cc(C(C)(C)O)c(O)c(C(C)(C)O)c1. The molecule has 0 aliphatic heterocycles. The zero-order valence-electron chi connectivity index (χ0n) is 10.5. The van der Waals surface area contributed by atoms with Gasteiger partial charge in [-0.05, 0) is 46.8 Å². The second kappa shape index (κ2) is 3.75. The summed E-state index contributed by atoms with van der Waals surface area (Å²) in [4.78, 5) is 0. The van der Waals surface area contributed by atoms with E-state index >= 15 is 0 Å². The average molecular weight is 224 g/mol. The van der Waals surface area contributed by atoms with Crippen molar-refractivity contribution in [1.82, 2.24) is 0 Å². The smallest absolute Gasteiger partial charge is 0.127 e. The molecule has 0 atom stereocenters. The molecule has 0 saturated carbocycles. The maximum atomic E-state index is 10.1. The lowest BCUT2D eigenvalue weighted by molar-refractivity contribution is 0.0664. The summed E-state index contributed by atoms with van der Waals surface area (Å²) in [6, 6.07) is 3.45. The molecule has 0 aromatic heterocycles. The average Bonchev–Trinajstić information content (AvgIpc) is 2.04. The number of hydrogen-bond donors (Lipinski definition) is 3. The van der Waals surface area contributed by atoms with Gasteiger partial charge in [0, 0.05) is 11.1 Å². The third kappa shape index (κ3) is 2.54. The van der Waals surface area contributed by atoms with Crippen LogP contribution in [0.15, 0.2) is 12.1 Å². The summed E-state index contributed by atoms with van der Waals surface area (Å²) in [6.07, 6.45) is 0. The minimum Gasteiger partial charge on any atom is -0.507 e. The van der Waals surface area contributed by atoms with Crippen LogP contribution >= 0.6 is 0 Å². The van der Waals surface area contributed by atoms with Crippen LogP contribution < -0.4 is 0 Å². The van der Waals surface area contributed by atoms with E-state index < -0.39 is 11.2 Å². The van der Waals surface area contributed by atoms with Crippen molar-refractivity contribution >= 4 is 0 Å². The van der Waals surface area contributed by atoms with Gasteiger partial charge in [0.1, 0.15) is 5.75 Å². The van der Waals surface area contributed by atoms with Crippen LogP contribution in [0.4, 0.5) is 0 Å². The van der Waals surface area contributed by atoms with Gasteiger partial charge in [0.25, 0.3) is 0 Å². The fourth-order valence-corrected chi connectivity index (χ4v) is 1.71. The summed E-state index contributed by atoms with van der Waals surface area (Å²) >= 11 is 0. The molecule has 0 bridgehead atoms. The van der Waals surface area contributed by atoms with Gasteiger partial charge < -0.3 is 15.3 Å². The molecule has 0 heterocycles. The third-order valence-electron chi connectivity index (χ3n) is 2.57. The van der Waals surface area contributed by atoms with Gasteiger partial charge in [0.2, 0.25) is 0 Å². The fraction of sp³-hybridized carbons (Fsp3) is 0.538. The molecular weight excluding hydrogens is 204 g/mol. The molecule has 0 radical (unpaired) electrons. The maximum absolute atomic E-state index is 10.1. The van der Waals surface area contributed by atoms with Crippen molar-refractivity contribution < 1.29 is 15.3 Å². The molecule has 3 nitrogen and oxygen atoms in total. The quantitative estimate of drug-likeness (QED) is 0.721. The van der Waals surface area contributed by atoms with Crippen LogP contribution in [-0.2, 0) is 11.2 Å². The van der Waals surface area contributed by atoms with E-state index in [0.29, 0.717) is 11.1 Å². The number of aryl methyl sites for hydroxylation is 1. The summed E-state index contributed by atoms with van der Waals surface area (Å²) in [5.41, 5.74) is -0.493. The van der Waals surface area contributed by atoms with Crippen molar-refractivity contribution in [2.24, 2.45) is 0 Å². The Balaban J connectivity index is 3.51. The lowest BCUT2D eigenvalue weighted by Crippen LogP contribution is -2.21. The molecule has 1 aromatic carbocycles. The Kier molecular flexibility index (Phi) is 3.05. The lowest BCUT2D eigenvalue weighted by Gasteiger charge is -2.26. The highest BCUT2D eigenvalue weighted by atomic mass is 16.3. The van der Waals surface area contributed by atoms with E-state index in [1.807, 2.05) is 6.92 Å². The Morgan fingerprint density at radius 3 is 1.44 bits per heavy atom. The summed E-state index contributed by atoms with van der Waals surface area (Å²) in [5, 5.41) is 30.0. The molecule has 0 unspecified atom stereocenters. The number of phenols is 1. The molecule has 3 heteroatoms. The largest absolute Gasteiger partial charge is 0.507 e. The number of benzene rings is 1. The molecule has 0 fully saturated rings. The molecule has 0 saturated heterocycles. The van der Waals surface area contributed by atoms with Gasteiger partial charge in [0.15, 0.2) is 0 Å². The van der Waals surface area contributed by atoms with Crippen LogP contribution in [-0.4, -0.2) is 15.3 Å². The van der Waals surface area contributed by atoms with Crippen molar-refractivity contribution in [2.75, 3.05) is 0 Å². The predicted molar refractivity (Wildman–Crippen MR) is 63.3 cm³/mol. The molecule has 3 N–H and O–H groups in total. The van der Waals surface area contributed by atoms with Crippen molar-refractivity contribution in [3.05, 3.63) is 28.8 Å². The Labute approximate surface area is 96.4 Å². The number of aromatic hydroxyl groups is 1. The minimum atomic E-state index is -1.13. The highest BCUT2D eigenvalue weighted by Gasteiger charge is 2.28. The number of hydrogen-bond acceptors (Lipinski definition) is 3. The van der Waals surface area contributed by atoms with E-state index in [0.717, 1.165) is 5.56 Å². The van der Waals surface area contributed by atoms with Crippen LogP contribution in [0.3, 0.4) is 0 Å². The lowest BCUT2D eigenvalue weighted by atomic mass is 9.88. The molecular formula is C13H20O3. The van der Waals surface area contributed by atoms with Crippen LogP contribution in [0.2, 0.25) is 0 Å². The Bertz CT molecular complexity index is 360. The number of phenolic OH excluding ortho intramolecular Hbond substituents is 1. The van der Waals surface area contributed by atoms with Gasteiger partial charge in [-0.15, -0.1) is 0 Å². The molecule has 90 valence electrons. The van der Waals surface area contributed by atoms with E-state index in [2.05, 4.69) is 0 Å². The maximum Gasteiger partial charge on any atom is 0.127 e. The first-order valence-electron chi connectivity index (χ1n) is 5.33. The van der Waals surface area contributed by atoms with E-state index in [-0.39, 0.29) is 5.75 Å². The fourth-order valence-electron chi connectivity index (χ4n) is 1.71. The molecule has 1 aromatic rings. The standard InChI is InChI=1S/C13H20O3/c1-8-6-9(12(2,3)15)11(14)10(7-8)13(4,5)16/h6-7,14-16H,1-5H3. The molecule has 0 aliphatic carbocycles. The highest BCUT2D eigenvalue weighted by Crippen LogP contribution is 2.37. The van der Waals surface area contributed by atoms with Crippen LogP contribution in [0, 0.1) is 6.92 Å². The normalized spacial score (nSPS) is 12.9. The minimum absolute atomic E-state index is 0.0365. The molecule has 16 heavy (non-hydrogen) atoms. The van der Waals surface area contributed by atoms with Gasteiger partial charge in [-0.3, -0.25) is 0 Å². The van der Waals surface area contributed by atoms with Crippen molar-refractivity contribution in [3.63, 3.8) is 0 Å². The first kappa shape index (κ1) is 13.0. The van der Waals surface area contributed by atoms with Crippen molar-refractivity contribution in [2.45, 2.75) is 45.8 Å². The van der Waals surface area contributed by atoms with Gasteiger partial charge in [-0.1, -0.05) is 5.56 Å². The first-order valence-corrected chi connectivity index (χ1v) is 5.33. The van der Waals surface area contributed by atoms with E-state index in [9.17, 15) is 15.3 Å². The zero-order valence-corrected chi connectivity index (χ0v) is 10.5. The number of rotatable bonds is 2. The topological polar surface area (TPSA) is 60.7 Å². The van der Waals surface area contributed by atoms with E-state index in [4.69, 9.17) is 0 Å². The molecule has 0 aliphatic rings. The van der Waals surface area contributed by atoms with Gasteiger partial charge in [-0.25, -0.2) is 0 Å².